The highest BCUT2D eigenvalue weighted by molar-refractivity contribution is 7.14. The first-order valence-electron chi connectivity index (χ1n) is 5.73. The molecule has 2 N–H and O–H groups in total. The molecular formula is C13H9Cl2N3OS. The topological polar surface area (TPSA) is 64.9 Å². The molecule has 0 radical (unpaired) electrons. The molecular weight excluding hydrogens is 317 g/mol. The van der Waals surface area contributed by atoms with Crippen LogP contribution < -0.4 is 5.73 Å². The van der Waals surface area contributed by atoms with Gasteiger partial charge in [0.05, 0.1) is 15.7 Å². The number of halogens is 2. The molecule has 0 aliphatic carbocycles. The molecule has 1 aromatic carbocycles. The van der Waals surface area contributed by atoms with Crippen molar-refractivity contribution in [1.82, 2.24) is 10.1 Å². The maximum Gasteiger partial charge on any atom is 0.270 e. The predicted octanol–water partition coefficient (Wildman–Crippen LogP) is 4.28. The molecule has 0 fully saturated rings. The zero-order chi connectivity index (χ0) is 14.1. The van der Waals surface area contributed by atoms with Gasteiger partial charge in [-0.15, -0.1) is 11.3 Å². The van der Waals surface area contributed by atoms with E-state index in [0.717, 1.165) is 10.4 Å². The lowest BCUT2D eigenvalue weighted by Gasteiger charge is -1.99. The fourth-order valence-electron chi connectivity index (χ4n) is 1.74. The maximum atomic E-state index is 5.98. The van der Waals surface area contributed by atoms with Crippen LogP contribution in [-0.2, 0) is 6.42 Å². The van der Waals surface area contributed by atoms with Gasteiger partial charge in [0.1, 0.15) is 4.88 Å². The van der Waals surface area contributed by atoms with E-state index in [4.69, 9.17) is 33.5 Å². The first-order valence-corrected chi connectivity index (χ1v) is 7.37. The third-order valence-electron chi connectivity index (χ3n) is 2.70. The Bertz CT molecular complexity index is 754. The minimum atomic E-state index is 0.438. The van der Waals surface area contributed by atoms with Gasteiger partial charge >= 0.3 is 0 Å². The van der Waals surface area contributed by atoms with Crippen LogP contribution in [0.4, 0.5) is 5.69 Å². The Morgan fingerprint density at radius 1 is 1.20 bits per heavy atom. The molecule has 0 spiro atoms. The van der Waals surface area contributed by atoms with Gasteiger partial charge in [-0.1, -0.05) is 34.4 Å². The number of aromatic nitrogens is 2. The molecule has 0 atom stereocenters. The van der Waals surface area contributed by atoms with E-state index in [-0.39, 0.29) is 0 Å². The Morgan fingerprint density at radius 3 is 2.75 bits per heavy atom. The fraction of sp³-hybridized carbons (Fsp3) is 0.0769. The smallest absolute Gasteiger partial charge is 0.270 e. The molecule has 102 valence electrons. The van der Waals surface area contributed by atoms with E-state index in [9.17, 15) is 0 Å². The summed E-state index contributed by atoms with van der Waals surface area (Å²) < 4.78 is 5.23. The number of nitrogens with zero attached hydrogens (tertiary/aromatic N) is 2. The second kappa shape index (κ2) is 5.44. The summed E-state index contributed by atoms with van der Waals surface area (Å²) in [7, 11) is 0. The van der Waals surface area contributed by atoms with Crippen molar-refractivity contribution in [3.63, 3.8) is 0 Å². The van der Waals surface area contributed by atoms with Crippen LogP contribution >= 0.6 is 34.5 Å². The van der Waals surface area contributed by atoms with Crippen molar-refractivity contribution in [3.8, 4) is 10.8 Å². The van der Waals surface area contributed by atoms with Crippen LogP contribution in [0.5, 0.6) is 0 Å². The molecule has 0 aliphatic rings. The lowest BCUT2D eigenvalue weighted by molar-refractivity contribution is 0.425. The Hall–Kier alpha value is -1.56. The fourth-order valence-corrected chi connectivity index (χ4v) is 2.80. The summed E-state index contributed by atoms with van der Waals surface area (Å²) in [4.78, 5) is 5.13. The molecule has 0 amide bonds. The highest BCUT2D eigenvalue weighted by atomic mass is 35.5. The van der Waals surface area contributed by atoms with E-state index in [1.165, 1.54) is 11.3 Å². The van der Waals surface area contributed by atoms with Crippen molar-refractivity contribution in [2.24, 2.45) is 0 Å². The van der Waals surface area contributed by atoms with Gasteiger partial charge in [0, 0.05) is 6.42 Å². The van der Waals surface area contributed by atoms with Crippen molar-refractivity contribution in [2.45, 2.75) is 6.42 Å². The molecule has 0 unspecified atom stereocenters. The Labute approximate surface area is 129 Å². The number of anilines is 1. The van der Waals surface area contributed by atoms with Crippen LogP contribution in [0.2, 0.25) is 10.0 Å². The van der Waals surface area contributed by atoms with E-state index in [1.807, 2.05) is 17.5 Å². The van der Waals surface area contributed by atoms with Gasteiger partial charge < -0.3 is 10.3 Å². The zero-order valence-electron chi connectivity index (χ0n) is 10.1. The number of rotatable bonds is 3. The van der Waals surface area contributed by atoms with Crippen LogP contribution in [0, 0.1) is 0 Å². The zero-order valence-corrected chi connectivity index (χ0v) is 12.5. The van der Waals surface area contributed by atoms with Gasteiger partial charge in [0.15, 0.2) is 5.82 Å². The summed E-state index contributed by atoms with van der Waals surface area (Å²) in [6, 6.07) is 7.23. The summed E-state index contributed by atoms with van der Waals surface area (Å²) in [6.07, 6.45) is 0.520. The molecule has 0 saturated heterocycles. The van der Waals surface area contributed by atoms with Gasteiger partial charge in [0.2, 0.25) is 0 Å². The van der Waals surface area contributed by atoms with Crippen LogP contribution in [0.25, 0.3) is 10.8 Å². The molecule has 2 aromatic heterocycles. The standard InChI is InChI=1S/C13H9Cl2N3OS/c14-8-2-1-7(5-9(8)15)6-11-17-13(19-18-11)12-10(16)3-4-20-12/h1-5H,6,16H2. The van der Waals surface area contributed by atoms with Gasteiger partial charge in [-0.05, 0) is 29.1 Å². The van der Waals surface area contributed by atoms with E-state index in [2.05, 4.69) is 10.1 Å². The molecule has 20 heavy (non-hydrogen) atoms. The Morgan fingerprint density at radius 2 is 2.05 bits per heavy atom. The van der Waals surface area contributed by atoms with Crippen LogP contribution in [0.15, 0.2) is 34.2 Å². The number of nitrogens with two attached hydrogens (primary N) is 1. The molecule has 0 saturated carbocycles. The summed E-state index contributed by atoms with van der Waals surface area (Å²) in [6.45, 7) is 0. The SMILES string of the molecule is Nc1ccsc1-c1nc(Cc2ccc(Cl)c(Cl)c2)no1. The quantitative estimate of drug-likeness (QED) is 0.780. The highest BCUT2D eigenvalue weighted by Crippen LogP contribution is 2.30. The highest BCUT2D eigenvalue weighted by Gasteiger charge is 2.13. The van der Waals surface area contributed by atoms with Crippen LogP contribution in [0.1, 0.15) is 11.4 Å². The Kier molecular flexibility index (Phi) is 3.65. The van der Waals surface area contributed by atoms with Gasteiger partial charge in [0.25, 0.3) is 5.89 Å². The van der Waals surface area contributed by atoms with E-state index in [1.54, 1.807) is 12.1 Å². The lowest BCUT2D eigenvalue weighted by atomic mass is 10.1. The van der Waals surface area contributed by atoms with Crippen molar-refractivity contribution >= 4 is 40.2 Å². The van der Waals surface area contributed by atoms with E-state index in [0.29, 0.717) is 33.9 Å². The van der Waals surface area contributed by atoms with Crippen molar-refractivity contribution < 1.29 is 4.52 Å². The van der Waals surface area contributed by atoms with Gasteiger partial charge in [-0.3, -0.25) is 0 Å². The average Bonchev–Trinajstić information content (AvgIpc) is 3.03. The second-order valence-electron chi connectivity index (χ2n) is 4.15. The maximum absolute atomic E-state index is 5.98. The molecule has 7 heteroatoms. The van der Waals surface area contributed by atoms with E-state index >= 15 is 0 Å². The molecule has 3 aromatic rings. The van der Waals surface area contributed by atoms with Crippen molar-refractivity contribution in [1.29, 1.82) is 0 Å². The molecule has 4 nitrogen and oxygen atoms in total. The second-order valence-corrected chi connectivity index (χ2v) is 5.88. The molecule has 0 bridgehead atoms. The Balaban J connectivity index is 1.84. The third-order valence-corrected chi connectivity index (χ3v) is 4.36. The van der Waals surface area contributed by atoms with Crippen LogP contribution in [0.3, 0.4) is 0 Å². The monoisotopic (exact) mass is 325 g/mol. The number of hydrogen-bond acceptors (Lipinski definition) is 5. The molecule has 2 heterocycles. The van der Waals surface area contributed by atoms with Gasteiger partial charge in [-0.2, -0.15) is 4.98 Å². The number of thiophene rings is 1. The normalized spacial score (nSPS) is 10.9. The summed E-state index contributed by atoms with van der Waals surface area (Å²) in [5.74, 6) is 1.01. The number of hydrogen-bond donors (Lipinski definition) is 1. The van der Waals surface area contributed by atoms with Crippen molar-refractivity contribution in [2.75, 3.05) is 5.73 Å². The van der Waals surface area contributed by atoms with Crippen molar-refractivity contribution in [3.05, 3.63) is 51.1 Å². The number of nitrogen functional groups attached to an aromatic ring is 1. The molecule has 3 rings (SSSR count). The summed E-state index contributed by atoms with van der Waals surface area (Å²) >= 11 is 13.3. The third kappa shape index (κ3) is 2.65. The number of benzene rings is 1. The summed E-state index contributed by atoms with van der Waals surface area (Å²) in [5, 5.41) is 6.87. The first-order chi connectivity index (χ1) is 9.63. The minimum absolute atomic E-state index is 0.438. The summed E-state index contributed by atoms with van der Waals surface area (Å²) in [5.41, 5.74) is 7.42. The average molecular weight is 326 g/mol. The first kappa shape index (κ1) is 13.4. The largest absolute Gasteiger partial charge is 0.397 e. The van der Waals surface area contributed by atoms with Gasteiger partial charge in [-0.25, -0.2) is 0 Å². The van der Waals surface area contributed by atoms with E-state index < -0.39 is 0 Å². The van der Waals surface area contributed by atoms with Crippen LogP contribution in [-0.4, -0.2) is 10.1 Å². The predicted molar refractivity (Wildman–Crippen MR) is 81.3 cm³/mol. The molecule has 0 aliphatic heterocycles. The lowest BCUT2D eigenvalue weighted by Crippen LogP contribution is -1.91. The minimum Gasteiger partial charge on any atom is -0.397 e.